The molecule has 3 aromatic heterocycles. The highest BCUT2D eigenvalue weighted by molar-refractivity contribution is 7.91. The van der Waals surface area contributed by atoms with Crippen molar-refractivity contribution in [3.63, 3.8) is 0 Å². The minimum Gasteiger partial charge on any atom is -0.354 e. The number of hydrogen-bond acceptors (Lipinski definition) is 8. The van der Waals surface area contributed by atoms with Crippen LogP contribution in [-0.4, -0.2) is 69.7 Å². The molecular weight excluding hydrogens is 483 g/mol. The molecular formula is C22H24F3N7O2S. The van der Waals surface area contributed by atoms with Gasteiger partial charge in [0.25, 0.3) is 0 Å². The van der Waals surface area contributed by atoms with Gasteiger partial charge in [-0.05, 0) is 37.1 Å². The van der Waals surface area contributed by atoms with E-state index in [1.165, 1.54) is 10.7 Å². The topological polar surface area (TPSA) is 97.1 Å². The number of hydrogen-bond donors (Lipinski definition) is 0. The largest absolute Gasteiger partial charge is 0.417 e. The maximum Gasteiger partial charge on any atom is 0.417 e. The lowest BCUT2D eigenvalue weighted by molar-refractivity contribution is -0.137. The van der Waals surface area contributed by atoms with Crippen molar-refractivity contribution in [2.45, 2.75) is 36.6 Å². The average molecular weight is 508 g/mol. The Bertz CT molecular complexity index is 1280. The molecule has 2 aliphatic rings. The molecule has 0 aromatic carbocycles. The van der Waals surface area contributed by atoms with Crippen molar-refractivity contribution in [3.05, 3.63) is 59.7 Å². The summed E-state index contributed by atoms with van der Waals surface area (Å²) in [5, 5.41) is 7.91. The van der Waals surface area contributed by atoms with Crippen LogP contribution in [0.5, 0.6) is 0 Å². The Hall–Kier alpha value is -3.06. The highest BCUT2D eigenvalue weighted by Crippen LogP contribution is 2.31. The number of aromatic nitrogens is 5. The zero-order chi connectivity index (χ0) is 24.6. The van der Waals surface area contributed by atoms with Gasteiger partial charge in [0.1, 0.15) is 5.82 Å². The quantitative estimate of drug-likeness (QED) is 0.481. The summed E-state index contributed by atoms with van der Waals surface area (Å²) in [5.74, 6) is 1.01. The minimum atomic E-state index is -4.44. The van der Waals surface area contributed by atoms with Crippen LogP contribution >= 0.6 is 0 Å². The molecule has 4 heterocycles. The third kappa shape index (κ3) is 5.61. The lowest BCUT2D eigenvalue weighted by Crippen LogP contribution is -2.46. The fourth-order valence-electron chi connectivity index (χ4n) is 4.01. The van der Waals surface area contributed by atoms with Crippen LogP contribution in [0.4, 0.5) is 19.0 Å². The molecule has 0 N–H and O–H groups in total. The molecule has 3 aromatic rings. The van der Waals surface area contributed by atoms with Gasteiger partial charge in [0.2, 0.25) is 0 Å². The normalized spacial score (nSPS) is 17.6. The Kier molecular flexibility index (Phi) is 6.21. The van der Waals surface area contributed by atoms with Crippen LogP contribution < -0.4 is 4.90 Å². The molecule has 0 radical (unpaired) electrons. The van der Waals surface area contributed by atoms with E-state index in [0.29, 0.717) is 17.9 Å². The Balaban J connectivity index is 1.16. The highest BCUT2D eigenvalue weighted by atomic mass is 32.2. The van der Waals surface area contributed by atoms with E-state index in [1.54, 1.807) is 12.3 Å². The monoisotopic (exact) mass is 507 g/mol. The number of piperazine rings is 1. The Morgan fingerprint density at radius 2 is 1.74 bits per heavy atom. The second-order valence-electron chi connectivity index (χ2n) is 8.81. The number of anilines is 1. The molecule has 9 nitrogen and oxygen atoms in total. The van der Waals surface area contributed by atoms with Gasteiger partial charge in [-0.25, -0.2) is 23.1 Å². The van der Waals surface area contributed by atoms with E-state index in [9.17, 15) is 21.6 Å². The zero-order valence-corrected chi connectivity index (χ0v) is 19.6. The van der Waals surface area contributed by atoms with Crippen LogP contribution in [-0.2, 0) is 28.3 Å². The SMILES string of the molecule is O=S(=O)(Cc1cccc(N2CCN(Cc3cn(-c4ccc(C(F)(F)F)cn4)nn3)CC2)n1)C1CC1. The molecule has 0 unspecified atom stereocenters. The van der Waals surface area contributed by atoms with Crippen molar-refractivity contribution in [1.82, 2.24) is 29.9 Å². The predicted molar refractivity (Wildman–Crippen MR) is 122 cm³/mol. The minimum absolute atomic E-state index is 0.0189. The van der Waals surface area contributed by atoms with Gasteiger partial charge in [-0.1, -0.05) is 11.3 Å². The van der Waals surface area contributed by atoms with E-state index in [1.807, 2.05) is 12.1 Å². The first kappa shape index (κ1) is 23.7. The predicted octanol–water partition coefficient (Wildman–Crippen LogP) is 2.48. The number of rotatable bonds is 7. The van der Waals surface area contributed by atoms with E-state index in [0.717, 1.165) is 57.1 Å². The molecule has 1 aliphatic carbocycles. The summed E-state index contributed by atoms with van der Waals surface area (Å²) in [6, 6.07) is 7.73. The number of nitrogens with zero attached hydrogens (tertiary/aromatic N) is 7. The third-order valence-electron chi connectivity index (χ3n) is 6.11. The molecule has 0 amide bonds. The maximum atomic E-state index is 12.7. The first-order valence-corrected chi connectivity index (χ1v) is 13.0. The number of sulfone groups is 1. The van der Waals surface area contributed by atoms with Crippen molar-refractivity contribution >= 4 is 15.7 Å². The van der Waals surface area contributed by atoms with E-state index in [4.69, 9.17) is 0 Å². The first-order chi connectivity index (χ1) is 16.7. The summed E-state index contributed by atoms with van der Waals surface area (Å²) < 4.78 is 64.1. The number of pyridine rings is 2. The molecule has 1 saturated carbocycles. The van der Waals surface area contributed by atoms with Crippen molar-refractivity contribution in [2.24, 2.45) is 0 Å². The van der Waals surface area contributed by atoms with Crippen molar-refractivity contribution in [3.8, 4) is 5.82 Å². The van der Waals surface area contributed by atoms with Gasteiger partial charge in [-0.2, -0.15) is 13.2 Å². The van der Waals surface area contributed by atoms with Gasteiger partial charge in [0, 0.05) is 38.9 Å². The Morgan fingerprint density at radius 1 is 0.971 bits per heavy atom. The van der Waals surface area contributed by atoms with Crippen molar-refractivity contribution < 1.29 is 21.6 Å². The van der Waals surface area contributed by atoms with Gasteiger partial charge in [-0.3, -0.25) is 4.90 Å². The van der Waals surface area contributed by atoms with Crippen LogP contribution in [0.15, 0.2) is 42.7 Å². The molecule has 186 valence electrons. The lowest BCUT2D eigenvalue weighted by Gasteiger charge is -2.35. The van der Waals surface area contributed by atoms with Crippen LogP contribution in [0.2, 0.25) is 0 Å². The summed E-state index contributed by atoms with van der Waals surface area (Å²) in [6.07, 6.45) is -0.503. The van der Waals surface area contributed by atoms with Gasteiger partial charge >= 0.3 is 6.18 Å². The van der Waals surface area contributed by atoms with Crippen LogP contribution in [0, 0.1) is 0 Å². The van der Waals surface area contributed by atoms with Crippen LogP contribution in [0.3, 0.4) is 0 Å². The third-order valence-corrected chi connectivity index (χ3v) is 8.29. The fourth-order valence-corrected chi connectivity index (χ4v) is 5.67. The summed E-state index contributed by atoms with van der Waals surface area (Å²) >= 11 is 0. The zero-order valence-electron chi connectivity index (χ0n) is 18.8. The van der Waals surface area contributed by atoms with Gasteiger partial charge < -0.3 is 4.90 Å². The Morgan fingerprint density at radius 3 is 2.40 bits per heavy atom. The van der Waals surface area contributed by atoms with E-state index in [-0.39, 0.29) is 16.8 Å². The molecule has 0 bridgehead atoms. The van der Waals surface area contributed by atoms with E-state index in [2.05, 4.69) is 30.1 Å². The maximum absolute atomic E-state index is 12.7. The number of alkyl halides is 3. The molecule has 13 heteroatoms. The van der Waals surface area contributed by atoms with E-state index < -0.39 is 21.6 Å². The van der Waals surface area contributed by atoms with Gasteiger partial charge in [0.15, 0.2) is 15.7 Å². The molecule has 1 aliphatic heterocycles. The molecule has 2 fully saturated rings. The highest BCUT2D eigenvalue weighted by Gasteiger charge is 2.36. The fraction of sp³-hybridized carbons (Fsp3) is 0.455. The van der Waals surface area contributed by atoms with Gasteiger partial charge in [0.05, 0.1) is 34.2 Å². The lowest BCUT2D eigenvalue weighted by atomic mass is 10.2. The second kappa shape index (κ2) is 9.19. The van der Waals surface area contributed by atoms with Crippen molar-refractivity contribution in [1.29, 1.82) is 0 Å². The smallest absolute Gasteiger partial charge is 0.354 e. The van der Waals surface area contributed by atoms with Crippen LogP contribution in [0.1, 0.15) is 29.8 Å². The second-order valence-corrected chi connectivity index (χ2v) is 11.1. The molecule has 0 atom stereocenters. The molecule has 0 spiro atoms. The van der Waals surface area contributed by atoms with E-state index >= 15 is 0 Å². The number of halogens is 3. The summed E-state index contributed by atoms with van der Waals surface area (Å²) in [6.45, 7) is 3.48. The summed E-state index contributed by atoms with van der Waals surface area (Å²) in [4.78, 5) is 12.8. The Labute approximate surface area is 200 Å². The van der Waals surface area contributed by atoms with Crippen molar-refractivity contribution in [2.75, 3.05) is 31.1 Å². The summed E-state index contributed by atoms with van der Waals surface area (Å²) in [5.41, 5.74) is 0.444. The standard InChI is InChI=1S/C22H24F3N7O2S/c23-22(24,25)16-4-7-20(26-12-16)32-14-18(28-29-32)13-30-8-10-31(11-9-30)21-3-1-2-17(27-21)15-35(33,34)19-5-6-19/h1-4,7,12,14,19H,5-6,8-11,13,15H2. The molecule has 35 heavy (non-hydrogen) atoms. The van der Waals surface area contributed by atoms with Gasteiger partial charge in [-0.15, -0.1) is 5.10 Å². The molecule has 5 rings (SSSR count). The average Bonchev–Trinajstić information content (AvgIpc) is 3.60. The van der Waals surface area contributed by atoms with Crippen LogP contribution in [0.25, 0.3) is 5.82 Å². The first-order valence-electron chi connectivity index (χ1n) is 11.3. The summed E-state index contributed by atoms with van der Waals surface area (Å²) in [7, 11) is -3.12. The molecule has 1 saturated heterocycles.